The van der Waals surface area contributed by atoms with Crippen LogP contribution < -0.4 is 0 Å². The molecule has 0 radical (unpaired) electrons. The molecule has 8 nitrogen and oxygen atoms in total. The van der Waals surface area contributed by atoms with E-state index in [4.69, 9.17) is 9.47 Å². The number of aliphatic hydroxyl groups excluding tert-OH is 1. The second-order valence-corrected chi connectivity index (χ2v) is 11.1. The Morgan fingerprint density at radius 2 is 1.95 bits per heavy atom. The fraction of sp³-hybridized carbons (Fsp3) is 0.759. The van der Waals surface area contributed by atoms with Gasteiger partial charge in [-0.05, 0) is 51.4 Å². The number of β-amino-alcohol motifs (C(OH)–C–C–N with tert-alkyl or cyclic N) is 1. The van der Waals surface area contributed by atoms with E-state index in [2.05, 4.69) is 13.2 Å². The summed E-state index contributed by atoms with van der Waals surface area (Å²) < 4.78 is 12.5. The highest BCUT2D eigenvalue weighted by molar-refractivity contribution is 5.98. The van der Waals surface area contributed by atoms with Crippen LogP contribution in [-0.4, -0.2) is 82.3 Å². The van der Waals surface area contributed by atoms with Gasteiger partial charge < -0.3 is 24.4 Å². The van der Waals surface area contributed by atoms with Crippen LogP contribution in [0.15, 0.2) is 25.3 Å². The minimum absolute atomic E-state index is 0.0336. The largest absolute Gasteiger partial charge is 0.465 e. The van der Waals surface area contributed by atoms with Crippen molar-refractivity contribution >= 4 is 17.8 Å². The molecule has 206 valence electrons. The van der Waals surface area contributed by atoms with E-state index in [0.29, 0.717) is 25.8 Å². The predicted octanol–water partition coefficient (Wildman–Crippen LogP) is 3.38. The first-order chi connectivity index (χ1) is 17.9. The first-order valence-electron chi connectivity index (χ1n) is 14.2. The summed E-state index contributed by atoms with van der Waals surface area (Å²) in [5.74, 6) is -2.37. The molecule has 5 atom stereocenters. The van der Waals surface area contributed by atoms with E-state index >= 15 is 0 Å². The fourth-order valence-electron chi connectivity index (χ4n) is 7.47. The first kappa shape index (κ1) is 27.8. The number of nitrogens with zero attached hydrogens (tertiary/aromatic N) is 2. The lowest BCUT2D eigenvalue weighted by Gasteiger charge is -2.40. The van der Waals surface area contributed by atoms with Crippen LogP contribution in [0.25, 0.3) is 0 Å². The molecule has 2 unspecified atom stereocenters. The van der Waals surface area contributed by atoms with Gasteiger partial charge in [0, 0.05) is 19.1 Å². The molecule has 0 aromatic heterocycles. The minimum Gasteiger partial charge on any atom is -0.465 e. The summed E-state index contributed by atoms with van der Waals surface area (Å²) in [6, 6.07) is -0.770. The van der Waals surface area contributed by atoms with Crippen molar-refractivity contribution in [2.75, 3.05) is 26.3 Å². The highest BCUT2D eigenvalue weighted by Crippen LogP contribution is 2.64. The number of fused-ring (bicyclic) bond motifs is 1. The number of likely N-dealkylation sites (tertiary alicyclic amines) is 1. The van der Waals surface area contributed by atoms with Crippen LogP contribution in [0.4, 0.5) is 0 Å². The monoisotopic (exact) mass is 516 g/mol. The maximum atomic E-state index is 14.3. The molecular weight excluding hydrogens is 472 g/mol. The van der Waals surface area contributed by atoms with E-state index < -0.39 is 35.0 Å². The number of allylic oxidation sites excluding steroid dienone is 1. The van der Waals surface area contributed by atoms with Gasteiger partial charge in [-0.2, -0.15) is 0 Å². The van der Waals surface area contributed by atoms with Gasteiger partial charge in [-0.15, -0.1) is 13.2 Å². The first-order valence-corrected chi connectivity index (χ1v) is 14.2. The van der Waals surface area contributed by atoms with Crippen molar-refractivity contribution in [1.29, 1.82) is 0 Å². The maximum Gasteiger partial charge on any atom is 0.312 e. The molecule has 4 rings (SSSR count). The molecule has 8 heteroatoms. The molecule has 3 aliphatic heterocycles. The number of esters is 1. The van der Waals surface area contributed by atoms with Crippen molar-refractivity contribution in [3.63, 3.8) is 0 Å². The van der Waals surface area contributed by atoms with Gasteiger partial charge in [-0.3, -0.25) is 14.4 Å². The molecule has 4 aliphatic rings. The summed E-state index contributed by atoms with van der Waals surface area (Å²) in [5.41, 5.74) is -1.89. The summed E-state index contributed by atoms with van der Waals surface area (Å²) in [6.45, 7) is 10.0. The van der Waals surface area contributed by atoms with Crippen LogP contribution in [-0.2, 0) is 23.9 Å². The van der Waals surface area contributed by atoms with Crippen LogP contribution in [0.2, 0.25) is 0 Å². The van der Waals surface area contributed by atoms with E-state index in [-0.39, 0.29) is 37.6 Å². The Hall–Kier alpha value is -2.19. The van der Waals surface area contributed by atoms with Crippen LogP contribution in [0, 0.1) is 11.8 Å². The van der Waals surface area contributed by atoms with Gasteiger partial charge in [0.2, 0.25) is 11.8 Å². The van der Waals surface area contributed by atoms with E-state index in [9.17, 15) is 19.5 Å². The van der Waals surface area contributed by atoms with Crippen LogP contribution in [0.3, 0.4) is 0 Å². The Bertz CT molecular complexity index is 886. The molecule has 37 heavy (non-hydrogen) atoms. The highest BCUT2D eigenvalue weighted by atomic mass is 16.6. The summed E-state index contributed by atoms with van der Waals surface area (Å²) in [7, 11) is 0. The quantitative estimate of drug-likeness (QED) is 0.229. The third kappa shape index (κ3) is 4.76. The van der Waals surface area contributed by atoms with Crippen LogP contribution in [0.1, 0.15) is 77.6 Å². The minimum atomic E-state index is -1.08. The molecule has 3 heterocycles. The van der Waals surface area contributed by atoms with Gasteiger partial charge >= 0.3 is 5.97 Å². The molecule has 2 bridgehead atoms. The SMILES string of the molecule is C=CCCCCOC(=O)[C@@H]1[C@H]2C(=O)N(CCO)C(C(=O)N(CC=C)C3CCCCC3)C23CC[C@@]1(CC)O3. The number of aliphatic hydroxyl groups is 1. The van der Waals surface area contributed by atoms with Gasteiger partial charge in [0.05, 0.1) is 24.7 Å². The van der Waals surface area contributed by atoms with Gasteiger partial charge in [-0.25, -0.2) is 0 Å². The van der Waals surface area contributed by atoms with Gasteiger partial charge in [0.15, 0.2) is 0 Å². The van der Waals surface area contributed by atoms with E-state index in [1.807, 2.05) is 17.9 Å². The molecule has 1 N–H and O–H groups in total. The summed E-state index contributed by atoms with van der Waals surface area (Å²) in [5, 5.41) is 9.85. The topological polar surface area (TPSA) is 96.4 Å². The number of carbonyl (C=O) groups excluding carboxylic acids is 3. The zero-order valence-electron chi connectivity index (χ0n) is 22.4. The smallest absolute Gasteiger partial charge is 0.312 e. The average Bonchev–Trinajstić information content (AvgIpc) is 3.51. The van der Waals surface area contributed by atoms with Gasteiger partial charge in [-0.1, -0.05) is 38.3 Å². The van der Waals surface area contributed by atoms with Crippen LogP contribution >= 0.6 is 0 Å². The summed E-state index contributed by atoms with van der Waals surface area (Å²) >= 11 is 0. The Morgan fingerprint density at radius 3 is 2.59 bits per heavy atom. The highest BCUT2D eigenvalue weighted by Gasteiger charge is 2.79. The van der Waals surface area contributed by atoms with Crippen molar-refractivity contribution in [2.45, 2.75) is 101 Å². The van der Waals surface area contributed by atoms with Crippen molar-refractivity contribution in [3.8, 4) is 0 Å². The average molecular weight is 517 g/mol. The van der Waals surface area contributed by atoms with Crippen molar-refractivity contribution in [1.82, 2.24) is 9.80 Å². The van der Waals surface area contributed by atoms with Crippen LogP contribution in [0.5, 0.6) is 0 Å². The number of carbonyl (C=O) groups is 3. The maximum absolute atomic E-state index is 14.3. The Balaban J connectivity index is 1.65. The second-order valence-electron chi connectivity index (χ2n) is 11.1. The van der Waals surface area contributed by atoms with Crippen molar-refractivity contribution in [2.24, 2.45) is 11.8 Å². The normalized spacial score (nSPS) is 32.9. The molecule has 0 aromatic carbocycles. The standard InChI is InChI=1S/C29H44N2O6/c1-4-7-8-12-20-36-27(35)23-22-25(33)31(18-19-32)24(29(22)16-15-28(23,6-3)37-29)26(34)30(17-5-2)21-13-10-9-11-14-21/h4-5,21-24,32H,1-2,6-20H2,3H3/t22-,23-,24?,28+,29?/m0/s1. The number of unbranched alkanes of at least 4 members (excludes halogenated alkanes) is 2. The Labute approximate surface area is 221 Å². The van der Waals surface area contributed by atoms with Gasteiger partial charge in [0.1, 0.15) is 17.6 Å². The molecular formula is C29H44N2O6. The number of hydrogen-bond acceptors (Lipinski definition) is 6. The second kappa shape index (κ2) is 11.7. The Kier molecular flexibility index (Phi) is 8.79. The van der Waals surface area contributed by atoms with Crippen molar-refractivity contribution in [3.05, 3.63) is 25.3 Å². The lowest BCUT2D eigenvalue weighted by Crippen LogP contribution is -2.58. The fourth-order valence-corrected chi connectivity index (χ4v) is 7.47. The summed E-state index contributed by atoms with van der Waals surface area (Å²) in [4.78, 5) is 45.1. The van der Waals surface area contributed by atoms with E-state index in [0.717, 1.165) is 51.4 Å². The number of ether oxygens (including phenoxy) is 2. The predicted molar refractivity (Wildman–Crippen MR) is 139 cm³/mol. The number of amides is 2. The van der Waals surface area contributed by atoms with Gasteiger partial charge in [0.25, 0.3) is 0 Å². The third-order valence-electron chi connectivity index (χ3n) is 9.18. The van der Waals surface area contributed by atoms with E-state index in [1.165, 1.54) is 4.90 Å². The number of hydrogen-bond donors (Lipinski definition) is 1. The molecule has 1 spiro atoms. The molecule has 0 aromatic rings. The molecule has 1 aliphatic carbocycles. The van der Waals surface area contributed by atoms with Crippen molar-refractivity contribution < 1.29 is 29.0 Å². The summed E-state index contributed by atoms with van der Waals surface area (Å²) in [6.07, 6.45) is 12.9. The zero-order valence-corrected chi connectivity index (χ0v) is 22.4. The lowest BCUT2D eigenvalue weighted by molar-refractivity contribution is -0.162. The Morgan fingerprint density at radius 1 is 1.19 bits per heavy atom. The molecule has 4 fully saturated rings. The molecule has 2 amide bonds. The van der Waals surface area contributed by atoms with E-state index in [1.54, 1.807) is 6.08 Å². The molecule has 3 saturated heterocycles. The third-order valence-corrected chi connectivity index (χ3v) is 9.18. The zero-order chi connectivity index (χ0) is 26.6. The number of rotatable bonds is 13. The molecule has 1 saturated carbocycles. The lowest BCUT2D eigenvalue weighted by atomic mass is 9.65.